The molecule has 0 aromatic heterocycles. The Hall–Kier alpha value is -5.05. The third-order valence-corrected chi connectivity index (χ3v) is 7.21. The highest BCUT2D eigenvalue weighted by Crippen LogP contribution is 2.10. The molecule has 0 rings (SSSR count). The largest absolute Gasteiger partial charge is 0.481 e. The van der Waals surface area contributed by atoms with E-state index < -0.39 is 109 Å². The van der Waals surface area contributed by atoms with Crippen LogP contribution in [-0.4, -0.2) is 123 Å². The zero-order valence-corrected chi connectivity index (χ0v) is 27.8. The van der Waals surface area contributed by atoms with Gasteiger partial charge in [0.15, 0.2) is 5.96 Å². The molecule has 5 amide bonds. The number of nitrogens with two attached hydrogens (primary N) is 3. The van der Waals surface area contributed by atoms with Crippen LogP contribution in [0.4, 0.5) is 0 Å². The number of guanidine groups is 1. The van der Waals surface area contributed by atoms with Gasteiger partial charge in [0.2, 0.25) is 29.5 Å². The van der Waals surface area contributed by atoms with E-state index >= 15 is 0 Å². The monoisotopic (exact) mass is 703 g/mol. The molecule has 0 aliphatic carbocycles. The third-order valence-electron chi connectivity index (χ3n) is 7.21. The third kappa shape index (κ3) is 16.6. The van der Waals surface area contributed by atoms with Gasteiger partial charge in [-0.25, -0.2) is 4.79 Å². The number of nitrogens with zero attached hydrogens (tertiary/aromatic N) is 1. The lowest BCUT2D eigenvalue weighted by Gasteiger charge is -2.28. The van der Waals surface area contributed by atoms with Gasteiger partial charge in [-0.15, -0.1) is 0 Å². The molecule has 0 bridgehead atoms. The quantitative estimate of drug-likeness (QED) is 0.0271. The van der Waals surface area contributed by atoms with E-state index in [-0.39, 0.29) is 37.7 Å². The summed E-state index contributed by atoms with van der Waals surface area (Å²) in [6.07, 6.45) is -1.65. The molecule has 21 nitrogen and oxygen atoms in total. The fraction of sp³-hybridized carbons (Fsp3) is 0.679. The van der Waals surface area contributed by atoms with E-state index in [4.69, 9.17) is 17.2 Å². The van der Waals surface area contributed by atoms with Crippen LogP contribution >= 0.6 is 0 Å². The van der Waals surface area contributed by atoms with E-state index in [9.17, 15) is 58.8 Å². The highest BCUT2D eigenvalue weighted by atomic mass is 16.4. The van der Waals surface area contributed by atoms with Crippen LogP contribution in [0, 0.1) is 11.8 Å². The normalized spacial score (nSPS) is 15.2. The predicted molar refractivity (Wildman–Crippen MR) is 171 cm³/mol. The molecule has 0 saturated carbocycles. The van der Waals surface area contributed by atoms with Crippen molar-refractivity contribution in [2.45, 2.75) is 96.1 Å². The summed E-state index contributed by atoms with van der Waals surface area (Å²) in [4.78, 5) is 103. The Morgan fingerprint density at radius 3 is 1.55 bits per heavy atom. The standard InChI is InChI=1S/C28H49N9O12/c1-5-13(4)21(26(47)36-17(11-38)24(45)33-14(27(48)49)7-6-8-32-28(30)31)37-23(44)16(10-19(41)42)34-22(43)15(9-18(39)40)35-25(46)20(29)12(2)3/h12-17,20-21,38H,5-11,29H2,1-4H3,(H,33,45)(H,34,43)(H,35,46)(H,36,47)(H,37,44)(H,39,40)(H,41,42)(H,48,49)(H4,30,31,32). The number of carboxylic acid groups (broad SMARTS) is 3. The van der Waals surface area contributed by atoms with Crippen molar-refractivity contribution >= 4 is 53.4 Å². The summed E-state index contributed by atoms with van der Waals surface area (Å²) in [5.74, 6) is -11.1. The zero-order chi connectivity index (χ0) is 38.0. The fourth-order valence-corrected chi connectivity index (χ4v) is 4.06. The van der Waals surface area contributed by atoms with Crippen molar-refractivity contribution in [1.82, 2.24) is 26.6 Å². The first-order valence-corrected chi connectivity index (χ1v) is 15.4. The lowest BCUT2D eigenvalue weighted by atomic mass is 9.97. The molecule has 0 fully saturated rings. The molecule has 0 aliphatic heterocycles. The van der Waals surface area contributed by atoms with Gasteiger partial charge in [0.1, 0.15) is 30.2 Å². The van der Waals surface area contributed by atoms with Gasteiger partial charge in [0.05, 0.1) is 25.5 Å². The van der Waals surface area contributed by atoms with Gasteiger partial charge in [0, 0.05) is 6.54 Å². The first kappa shape index (κ1) is 43.9. The van der Waals surface area contributed by atoms with Gasteiger partial charge < -0.3 is 64.2 Å². The molecule has 7 unspecified atom stereocenters. The van der Waals surface area contributed by atoms with E-state index in [0.717, 1.165) is 0 Å². The molecule has 7 atom stereocenters. The summed E-state index contributed by atoms with van der Waals surface area (Å²) >= 11 is 0. The molecule has 0 aromatic carbocycles. The van der Waals surface area contributed by atoms with Crippen LogP contribution in [0.15, 0.2) is 4.99 Å². The van der Waals surface area contributed by atoms with E-state index in [1.54, 1.807) is 20.8 Å². The van der Waals surface area contributed by atoms with Gasteiger partial charge in [-0.05, 0) is 24.7 Å². The molecule has 278 valence electrons. The van der Waals surface area contributed by atoms with Crippen molar-refractivity contribution in [2.75, 3.05) is 13.2 Å². The lowest BCUT2D eigenvalue weighted by molar-refractivity contribution is -0.144. The Kier molecular flexibility index (Phi) is 19.5. The lowest BCUT2D eigenvalue weighted by Crippen LogP contribution is -2.61. The number of hydrogen-bond acceptors (Lipinski definition) is 11. The number of aliphatic imine (C=N–C) groups is 1. The Labute approximate surface area is 282 Å². The van der Waals surface area contributed by atoms with Crippen molar-refractivity contribution in [1.29, 1.82) is 0 Å². The van der Waals surface area contributed by atoms with Crippen molar-refractivity contribution in [3.8, 4) is 0 Å². The maximum atomic E-state index is 13.3. The van der Waals surface area contributed by atoms with E-state index in [2.05, 4.69) is 31.6 Å². The zero-order valence-electron chi connectivity index (χ0n) is 27.8. The smallest absolute Gasteiger partial charge is 0.326 e. The summed E-state index contributed by atoms with van der Waals surface area (Å²) in [6, 6.07) is -9.33. The van der Waals surface area contributed by atoms with E-state index in [0.29, 0.717) is 0 Å². The number of nitrogens with one attached hydrogen (secondary N) is 5. The number of amides is 5. The van der Waals surface area contributed by atoms with Crippen LogP contribution in [0.5, 0.6) is 0 Å². The van der Waals surface area contributed by atoms with Crippen LogP contribution in [-0.2, 0) is 38.4 Å². The van der Waals surface area contributed by atoms with Gasteiger partial charge in [0.25, 0.3) is 0 Å². The minimum absolute atomic E-state index is 0.0723. The number of aliphatic hydroxyl groups excluding tert-OH is 1. The summed E-state index contributed by atoms with van der Waals surface area (Å²) in [6.45, 7) is 5.47. The number of carboxylic acids is 3. The topological polar surface area (TPSA) is 368 Å². The molecule has 0 heterocycles. The molecule has 0 saturated heterocycles. The van der Waals surface area contributed by atoms with Gasteiger partial charge in [-0.3, -0.25) is 38.6 Å². The van der Waals surface area contributed by atoms with Crippen molar-refractivity contribution < 1.29 is 58.8 Å². The number of rotatable bonds is 23. The molecule has 21 heteroatoms. The van der Waals surface area contributed by atoms with Crippen molar-refractivity contribution in [2.24, 2.45) is 34.0 Å². The highest BCUT2D eigenvalue weighted by molar-refractivity contribution is 5.98. The highest BCUT2D eigenvalue weighted by Gasteiger charge is 2.35. The number of aliphatic carboxylic acids is 3. The molecular formula is C28H49N9O12. The summed E-state index contributed by atoms with van der Waals surface area (Å²) in [7, 11) is 0. The summed E-state index contributed by atoms with van der Waals surface area (Å²) < 4.78 is 0. The maximum Gasteiger partial charge on any atom is 0.326 e. The predicted octanol–water partition coefficient (Wildman–Crippen LogP) is -4.48. The fourth-order valence-electron chi connectivity index (χ4n) is 4.06. The molecule has 15 N–H and O–H groups in total. The van der Waals surface area contributed by atoms with E-state index in [1.807, 2.05) is 0 Å². The van der Waals surface area contributed by atoms with Gasteiger partial charge in [-0.2, -0.15) is 0 Å². The first-order chi connectivity index (χ1) is 22.7. The Morgan fingerprint density at radius 2 is 1.12 bits per heavy atom. The summed E-state index contributed by atoms with van der Waals surface area (Å²) in [5, 5.41) is 48.9. The number of hydrogen-bond donors (Lipinski definition) is 12. The second kappa shape index (κ2) is 21.8. The second-order valence-electron chi connectivity index (χ2n) is 11.6. The Bertz CT molecular complexity index is 1230. The first-order valence-electron chi connectivity index (χ1n) is 15.4. The van der Waals surface area contributed by atoms with Crippen LogP contribution in [0.2, 0.25) is 0 Å². The molecule has 0 aromatic rings. The number of aliphatic hydroxyl groups is 1. The van der Waals surface area contributed by atoms with Crippen molar-refractivity contribution in [3.63, 3.8) is 0 Å². The average Bonchev–Trinajstić information content (AvgIpc) is 3.01. The van der Waals surface area contributed by atoms with Crippen molar-refractivity contribution in [3.05, 3.63) is 0 Å². The number of carbonyl (C=O) groups excluding carboxylic acids is 5. The maximum absolute atomic E-state index is 13.3. The van der Waals surface area contributed by atoms with Gasteiger partial charge in [-0.1, -0.05) is 34.1 Å². The Balaban J connectivity index is 5.97. The Morgan fingerprint density at radius 1 is 0.673 bits per heavy atom. The van der Waals surface area contributed by atoms with Crippen LogP contribution in [0.1, 0.15) is 59.8 Å². The summed E-state index contributed by atoms with van der Waals surface area (Å²) in [5.41, 5.74) is 16.2. The SMILES string of the molecule is CCC(C)C(NC(=O)C(CC(=O)O)NC(=O)C(CC(=O)O)NC(=O)C(N)C(C)C)C(=O)NC(CO)C(=O)NC(CCCN=C(N)N)C(=O)O. The second-order valence-corrected chi connectivity index (χ2v) is 11.6. The number of carbonyl (C=O) groups is 8. The van der Waals surface area contributed by atoms with Gasteiger partial charge >= 0.3 is 17.9 Å². The van der Waals surface area contributed by atoms with Crippen LogP contribution in [0.3, 0.4) is 0 Å². The molecule has 0 radical (unpaired) electrons. The van der Waals surface area contributed by atoms with E-state index in [1.165, 1.54) is 6.92 Å². The van der Waals surface area contributed by atoms with Crippen LogP contribution < -0.4 is 43.8 Å². The minimum atomic E-state index is -1.87. The average molecular weight is 704 g/mol. The van der Waals surface area contributed by atoms with Crippen LogP contribution in [0.25, 0.3) is 0 Å². The minimum Gasteiger partial charge on any atom is -0.481 e. The molecule has 49 heavy (non-hydrogen) atoms. The molecule has 0 spiro atoms. The molecule has 0 aliphatic rings. The molecular weight excluding hydrogens is 654 g/mol.